The lowest BCUT2D eigenvalue weighted by molar-refractivity contribution is 0.0986. The molecule has 1 N–H and O–H groups in total. The molecule has 0 aliphatic carbocycles. The van der Waals surface area contributed by atoms with Crippen LogP contribution < -0.4 is 5.32 Å². The van der Waals surface area contributed by atoms with Gasteiger partial charge in [0.2, 0.25) is 0 Å². The molecule has 0 bridgehead atoms. The van der Waals surface area contributed by atoms with Crippen LogP contribution in [0.3, 0.4) is 0 Å². The molecule has 0 unspecified atom stereocenters. The maximum atomic E-state index is 13.4. The van der Waals surface area contributed by atoms with Gasteiger partial charge in [-0.2, -0.15) is 0 Å². The number of hydrogen-bond acceptors (Lipinski definition) is 2. The SMILES string of the molecule is O=C(CCNc1ccc(F)c(F)c1F)c1ccc(Br)cc1. The molecular formula is C15H11BrF3NO. The summed E-state index contributed by atoms with van der Waals surface area (Å²) < 4.78 is 40.0. The molecule has 2 aromatic carbocycles. The Balaban J connectivity index is 1.94. The minimum absolute atomic E-state index is 0.111. The number of Topliss-reactive ketones (excluding diaryl/α,β-unsaturated/α-hetero) is 1. The third-order valence-corrected chi connectivity index (χ3v) is 3.40. The summed E-state index contributed by atoms with van der Waals surface area (Å²) in [7, 11) is 0. The summed E-state index contributed by atoms with van der Waals surface area (Å²) in [6.45, 7) is 0.122. The molecule has 0 saturated heterocycles. The first-order chi connectivity index (χ1) is 9.99. The van der Waals surface area contributed by atoms with Crippen molar-refractivity contribution in [2.24, 2.45) is 0 Å². The Bertz CT molecular complexity index is 659. The van der Waals surface area contributed by atoms with Crippen LogP contribution in [0.15, 0.2) is 40.9 Å². The monoisotopic (exact) mass is 357 g/mol. The summed E-state index contributed by atoms with van der Waals surface area (Å²) in [6.07, 6.45) is 0.111. The number of anilines is 1. The van der Waals surface area contributed by atoms with Gasteiger partial charge < -0.3 is 5.32 Å². The topological polar surface area (TPSA) is 29.1 Å². The molecular weight excluding hydrogens is 347 g/mol. The van der Waals surface area contributed by atoms with E-state index in [2.05, 4.69) is 21.2 Å². The predicted molar refractivity (Wildman–Crippen MR) is 77.9 cm³/mol. The van der Waals surface area contributed by atoms with Crippen LogP contribution in [0.25, 0.3) is 0 Å². The lowest BCUT2D eigenvalue weighted by atomic mass is 10.1. The molecule has 0 heterocycles. The van der Waals surface area contributed by atoms with E-state index < -0.39 is 17.5 Å². The molecule has 6 heteroatoms. The number of ketones is 1. The van der Waals surface area contributed by atoms with Gasteiger partial charge in [-0.15, -0.1) is 0 Å². The highest BCUT2D eigenvalue weighted by molar-refractivity contribution is 9.10. The smallest absolute Gasteiger partial charge is 0.196 e. The highest BCUT2D eigenvalue weighted by atomic mass is 79.9. The van der Waals surface area contributed by atoms with Crippen LogP contribution >= 0.6 is 15.9 Å². The molecule has 0 aliphatic heterocycles. The molecule has 0 amide bonds. The maximum absolute atomic E-state index is 13.4. The zero-order valence-electron chi connectivity index (χ0n) is 10.8. The van der Waals surface area contributed by atoms with Gasteiger partial charge >= 0.3 is 0 Å². The van der Waals surface area contributed by atoms with Crippen LogP contribution in [0.1, 0.15) is 16.8 Å². The van der Waals surface area contributed by atoms with Gasteiger partial charge in [-0.05, 0) is 24.3 Å². The molecule has 0 aromatic heterocycles. The van der Waals surface area contributed by atoms with Gasteiger partial charge in [-0.1, -0.05) is 28.1 Å². The lowest BCUT2D eigenvalue weighted by Crippen LogP contribution is -2.10. The second kappa shape index (κ2) is 6.76. The second-order valence-electron chi connectivity index (χ2n) is 4.33. The highest BCUT2D eigenvalue weighted by Crippen LogP contribution is 2.19. The number of carbonyl (C=O) groups excluding carboxylic acids is 1. The molecule has 0 spiro atoms. The average molecular weight is 358 g/mol. The molecule has 110 valence electrons. The Labute approximate surface area is 128 Å². The lowest BCUT2D eigenvalue weighted by Gasteiger charge is -2.08. The normalized spacial score (nSPS) is 10.5. The maximum Gasteiger partial charge on any atom is 0.196 e. The van der Waals surface area contributed by atoms with Crippen molar-refractivity contribution in [1.29, 1.82) is 0 Å². The fourth-order valence-electron chi connectivity index (χ4n) is 1.75. The Morgan fingerprint density at radius 1 is 1.00 bits per heavy atom. The average Bonchev–Trinajstić information content (AvgIpc) is 2.48. The summed E-state index contributed by atoms with van der Waals surface area (Å²) in [5.74, 6) is -4.19. The molecule has 2 rings (SSSR count). The first-order valence-corrected chi connectivity index (χ1v) is 6.94. The predicted octanol–water partition coefficient (Wildman–Crippen LogP) is 4.55. The number of carbonyl (C=O) groups is 1. The van der Waals surface area contributed by atoms with Gasteiger partial charge in [0.05, 0.1) is 5.69 Å². The van der Waals surface area contributed by atoms with Crippen molar-refractivity contribution in [3.05, 3.63) is 63.9 Å². The second-order valence-corrected chi connectivity index (χ2v) is 5.25. The first kappa shape index (κ1) is 15.6. The quantitative estimate of drug-likeness (QED) is 0.628. The molecule has 2 aromatic rings. The Morgan fingerprint density at radius 3 is 2.33 bits per heavy atom. The number of hydrogen-bond donors (Lipinski definition) is 1. The van der Waals surface area contributed by atoms with E-state index in [4.69, 9.17) is 0 Å². The third-order valence-electron chi connectivity index (χ3n) is 2.87. The van der Waals surface area contributed by atoms with E-state index in [9.17, 15) is 18.0 Å². The molecule has 21 heavy (non-hydrogen) atoms. The van der Waals surface area contributed by atoms with Crippen molar-refractivity contribution in [3.8, 4) is 0 Å². The first-order valence-electron chi connectivity index (χ1n) is 6.15. The van der Waals surface area contributed by atoms with E-state index in [0.29, 0.717) is 5.56 Å². The van der Waals surface area contributed by atoms with Crippen molar-refractivity contribution in [2.45, 2.75) is 6.42 Å². The third kappa shape index (κ3) is 3.85. The Hall–Kier alpha value is -1.82. The van der Waals surface area contributed by atoms with E-state index in [1.165, 1.54) is 0 Å². The molecule has 0 fully saturated rings. The Kier molecular flexibility index (Phi) is 5.01. The zero-order valence-corrected chi connectivity index (χ0v) is 12.4. The highest BCUT2D eigenvalue weighted by Gasteiger charge is 2.13. The standard InChI is InChI=1S/C15H11BrF3NO/c16-10-3-1-9(2-4-10)13(21)7-8-20-12-6-5-11(17)14(18)15(12)19/h1-6,20H,7-8H2. The summed E-state index contributed by atoms with van der Waals surface area (Å²) in [5, 5.41) is 2.58. The van der Waals surface area contributed by atoms with Gasteiger partial charge in [-0.25, -0.2) is 13.2 Å². The number of halogens is 4. The molecule has 2 nitrogen and oxygen atoms in total. The van der Waals surface area contributed by atoms with Crippen LogP contribution in [-0.4, -0.2) is 12.3 Å². The van der Waals surface area contributed by atoms with Gasteiger partial charge in [0.15, 0.2) is 23.2 Å². The van der Waals surface area contributed by atoms with Crippen LogP contribution in [0.5, 0.6) is 0 Å². The van der Waals surface area contributed by atoms with Crippen molar-refractivity contribution >= 4 is 27.4 Å². The van der Waals surface area contributed by atoms with Crippen LogP contribution in [0.4, 0.5) is 18.9 Å². The zero-order chi connectivity index (χ0) is 15.4. The summed E-state index contributed by atoms with van der Waals surface area (Å²) >= 11 is 3.27. The molecule has 0 aliphatic rings. The van der Waals surface area contributed by atoms with E-state index >= 15 is 0 Å². The summed E-state index contributed by atoms with van der Waals surface area (Å²) in [5.41, 5.74) is 0.364. The minimum Gasteiger partial charge on any atom is -0.382 e. The fourth-order valence-corrected chi connectivity index (χ4v) is 2.02. The van der Waals surface area contributed by atoms with E-state index in [1.54, 1.807) is 24.3 Å². The number of benzene rings is 2. The largest absolute Gasteiger partial charge is 0.382 e. The molecule has 0 saturated carbocycles. The van der Waals surface area contributed by atoms with Crippen LogP contribution in [0, 0.1) is 17.5 Å². The van der Waals surface area contributed by atoms with Gasteiger partial charge in [0, 0.05) is 23.0 Å². The van der Waals surface area contributed by atoms with Crippen molar-refractivity contribution < 1.29 is 18.0 Å². The van der Waals surface area contributed by atoms with E-state index in [-0.39, 0.29) is 24.4 Å². The Morgan fingerprint density at radius 2 is 1.67 bits per heavy atom. The van der Waals surface area contributed by atoms with Crippen LogP contribution in [0.2, 0.25) is 0 Å². The van der Waals surface area contributed by atoms with Gasteiger partial charge in [-0.3, -0.25) is 4.79 Å². The van der Waals surface area contributed by atoms with E-state index in [1.807, 2.05) is 0 Å². The van der Waals surface area contributed by atoms with Gasteiger partial charge in [0.25, 0.3) is 0 Å². The summed E-state index contributed by atoms with van der Waals surface area (Å²) in [4.78, 5) is 11.9. The molecule has 0 atom stereocenters. The van der Waals surface area contributed by atoms with E-state index in [0.717, 1.165) is 16.6 Å². The fraction of sp³-hybridized carbons (Fsp3) is 0.133. The van der Waals surface area contributed by atoms with Crippen molar-refractivity contribution in [1.82, 2.24) is 0 Å². The number of rotatable bonds is 5. The van der Waals surface area contributed by atoms with Crippen LogP contribution in [-0.2, 0) is 0 Å². The minimum atomic E-state index is -1.53. The summed E-state index contributed by atoms with van der Waals surface area (Å²) in [6, 6.07) is 8.76. The van der Waals surface area contributed by atoms with Crippen molar-refractivity contribution in [2.75, 3.05) is 11.9 Å². The number of nitrogens with one attached hydrogen (secondary N) is 1. The molecule has 0 radical (unpaired) electrons. The van der Waals surface area contributed by atoms with Gasteiger partial charge in [0.1, 0.15) is 0 Å². The van der Waals surface area contributed by atoms with Crippen molar-refractivity contribution in [3.63, 3.8) is 0 Å².